The Hall–Kier alpha value is -2.34. The molecule has 3 N–H and O–H groups in total. The molecule has 6 heteroatoms. The molecular formula is C14H15FN4O. The van der Waals surface area contributed by atoms with Gasteiger partial charge in [-0.2, -0.15) is 0 Å². The fraction of sp³-hybridized carbons (Fsp3) is 0.214. The van der Waals surface area contributed by atoms with Crippen LogP contribution in [0.5, 0.6) is 0 Å². The SMILES string of the molecule is NCCc1ccncc1C(=O)NCc1ncccc1F. The average Bonchev–Trinajstić information content (AvgIpc) is 2.47. The van der Waals surface area contributed by atoms with Gasteiger partial charge in [-0.3, -0.25) is 14.8 Å². The van der Waals surface area contributed by atoms with E-state index < -0.39 is 5.82 Å². The van der Waals surface area contributed by atoms with E-state index in [1.165, 1.54) is 24.5 Å². The number of aromatic nitrogens is 2. The lowest BCUT2D eigenvalue weighted by Gasteiger charge is -2.09. The van der Waals surface area contributed by atoms with Crippen molar-refractivity contribution in [1.29, 1.82) is 0 Å². The van der Waals surface area contributed by atoms with Crippen LogP contribution in [0.15, 0.2) is 36.8 Å². The molecular weight excluding hydrogens is 259 g/mol. The summed E-state index contributed by atoms with van der Waals surface area (Å²) in [6.45, 7) is 0.474. The smallest absolute Gasteiger partial charge is 0.253 e. The molecule has 0 aliphatic carbocycles. The molecule has 20 heavy (non-hydrogen) atoms. The van der Waals surface area contributed by atoms with Crippen LogP contribution in [0.25, 0.3) is 0 Å². The zero-order valence-electron chi connectivity index (χ0n) is 10.8. The van der Waals surface area contributed by atoms with Crippen LogP contribution in [0.3, 0.4) is 0 Å². The van der Waals surface area contributed by atoms with Crippen LogP contribution in [0.4, 0.5) is 4.39 Å². The second-order valence-corrected chi connectivity index (χ2v) is 4.19. The zero-order chi connectivity index (χ0) is 14.4. The average molecular weight is 274 g/mol. The summed E-state index contributed by atoms with van der Waals surface area (Å²) in [5, 5.41) is 2.63. The molecule has 0 atom stereocenters. The number of nitrogens with one attached hydrogen (secondary N) is 1. The van der Waals surface area contributed by atoms with Gasteiger partial charge in [0.15, 0.2) is 0 Å². The lowest BCUT2D eigenvalue weighted by atomic mass is 10.1. The molecule has 0 bridgehead atoms. The van der Waals surface area contributed by atoms with Crippen molar-refractivity contribution in [3.05, 3.63) is 59.4 Å². The molecule has 0 fully saturated rings. The van der Waals surface area contributed by atoms with Crippen LogP contribution in [-0.4, -0.2) is 22.4 Å². The van der Waals surface area contributed by atoms with Crippen molar-refractivity contribution in [2.75, 3.05) is 6.54 Å². The largest absolute Gasteiger partial charge is 0.346 e. The fourth-order valence-corrected chi connectivity index (χ4v) is 1.81. The van der Waals surface area contributed by atoms with Gasteiger partial charge in [0.25, 0.3) is 5.91 Å². The third-order valence-corrected chi connectivity index (χ3v) is 2.82. The quantitative estimate of drug-likeness (QED) is 0.854. The summed E-state index contributed by atoms with van der Waals surface area (Å²) in [7, 11) is 0. The summed E-state index contributed by atoms with van der Waals surface area (Å²) in [4.78, 5) is 19.9. The molecule has 2 aromatic heterocycles. The molecule has 1 amide bonds. The number of carbonyl (C=O) groups is 1. The van der Waals surface area contributed by atoms with Gasteiger partial charge >= 0.3 is 0 Å². The lowest BCUT2D eigenvalue weighted by Crippen LogP contribution is -2.25. The maximum atomic E-state index is 13.4. The second-order valence-electron chi connectivity index (χ2n) is 4.19. The van der Waals surface area contributed by atoms with Crippen LogP contribution in [0, 0.1) is 5.82 Å². The first kappa shape index (κ1) is 14.1. The molecule has 104 valence electrons. The minimum absolute atomic E-state index is 0.0302. The van der Waals surface area contributed by atoms with Crippen molar-refractivity contribution >= 4 is 5.91 Å². The first-order chi connectivity index (χ1) is 9.72. The summed E-state index contributed by atoms with van der Waals surface area (Å²) in [6.07, 6.45) is 5.16. The van der Waals surface area contributed by atoms with Crippen LogP contribution in [0.2, 0.25) is 0 Å². The monoisotopic (exact) mass is 274 g/mol. The number of hydrogen-bond acceptors (Lipinski definition) is 4. The zero-order valence-corrected chi connectivity index (χ0v) is 10.8. The van der Waals surface area contributed by atoms with Gasteiger partial charge in [0.2, 0.25) is 0 Å². The van der Waals surface area contributed by atoms with Crippen LogP contribution in [-0.2, 0) is 13.0 Å². The van der Waals surface area contributed by atoms with Gasteiger partial charge in [-0.1, -0.05) is 0 Å². The summed E-state index contributed by atoms with van der Waals surface area (Å²) >= 11 is 0. The van der Waals surface area contributed by atoms with E-state index in [1.807, 2.05) is 0 Å². The Morgan fingerprint density at radius 2 is 2.20 bits per heavy atom. The van der Waals surface area contributed by atoms with Crippen LogP contribution < -0.4 is 11.1 Å². The molecule has 0 saturated heterocycles. The molecule has 2 rings (SSSR count). The molecule has 0 radical (unpaired) electrons. The van der Waals surface area contributed by atoms with Gasteiger partial charge < -0.3 is 11.1 Å². The van der Waals surface area contributed by atoms with Crippen LogP contribution in [0.1, 0.15) is 21.6 Å². The predicted molar refractivity (Wildman–Crippen MR) is 72.4 cm³/mol. The first-order valence-corrected chi connectivity index (χ1v) is 6.23. The fourth-order valence-electron chi connectivity index (χ4n) is 1.81. The molecule has 2 aromatic rings. The van der Waals surface area contributed by atoms with Crippen molar-refractivity contribution in [3.63, 3.8) is 0 Å². The predicted octanol–water partition coefficient (Wildman–Crippen LogP) is 1.05. The van der Waals surface area contributed by atoms with Gasteiger partial charge in [0.1, 0.15) is 5.82 Å². The van der Waals surface area contributed by atoms with E-state index in [2.05, 4.69) is 15.3 Å². The van der Waals surface area contributed by atoms with E-state index in [1.54, 1.807) is 12.3 Å². The van der Waals surface area contributed by atoms with Crippen molar-refractivity contribution in [2.24, 2.45) is 5.73 Å². The number of halogens is 1. The number of amides is 1. The van der Waals surface area contributed by atoms with E-state index in [-0.39, 0.29) is 18.1 Å². The van der Waals surface area contributed by atoms with E-state index in [9.17, 15) is 9.18 Å². The standard InChI is InChI=1S/C14H15FN4O/c15-12-2-1-6-18-13(12)9-19-14(20)11-8-17-7-4-10(11)3-5-16/h1-2,4,6-8H,3,5,9,16H2,(H,19,20). The molecule has 0 saturated carbocycles. The molecule has 2 heterocycles. The van der Waals surface area contributed by atoms with Crippen LogP contribution >= 0.6 is 0 Å². The summed E-state index contributed by atoms with van der Waals surface area (Å²) in [5.74, 6) is -0.757. The highest BCUT2D eigenvalue weighted by Gasteiger charge is 2.12. The molecule has 0 aromatic carbocycles. The van der Waals surface area contributed by atoms with Gasteiger partial charge in [-0.15, -0.1) is 0 Å². The normalized spacial score (nSPS) is 10.3. The Kier molecular flexibility index (Phi) is 4.73. The van der Waals surface area contributed by atoms with Crippen molar-refractivity contribution < 1.29 is 9.18 Å². The Balaban J connectivity index is 2.07. The maximum absolute atomic E-state index is 13.4. The summed E-state index contributed by atoms with van der Waals surface area (Å²) in [6, 6.07) is 4.56. The van der Waals surface area contributed by atoms with E-state index in [4.69, 9.17) is 5.73 Å². The first-order valence-electron chi connectivity index (χ1n) is 6.23. The number of hydrogen-bond donors (Lipinski definition) is 2. The minimum Gasteiger partial charge on any atom is -0.346 e. The summed E-state index contributed by atoms with van der Waals surface area (Å²) in [5.41, 5.74) is 6.98. The second kappa shape index (κ2) is 6.72. The molecule has 0 aliphatic heterocycles. The Morgan fingerprint density at radius 1 is 1.35 bits per heavy atom. The Labute approximate surface area is 116 Å². The third kappa shape index (κ3) is 3.36. The van der Waals surface area contributed by atoms with Crippen molar-refractivity contribution in [2.45, 2.75) is 13.0 Å². The topological polar surface area (TPSA) is 80.9 Å². The molecule has 0 aliphatic rings. The highest BCUT2D eigenvalue weighted by Crippen LogP contribution is 2.08. The molecule has 0 spiro atoms. The van der Waals surface area contributed by atoms with Crippen molar-refractivity contribution in [3.8, 4) is 0 Å². The van der Waals surface area contributed by atoms with E-state index in [0.717, 1.165) is 5.56 Å². The number of rotatable bonds is 5. The van der Waals surface area contributed by atoms with Gasteiger partial charge in [-0.05, 0) is 36.7 Å². The van der Waals surface area contributed by atoms with Gasteiger partial charge in [-0.25, -0.2) is 4.39 Å². The highest BCUT2D eigenvalue weighted by atomic mass is 19.1. The van der Waals surface area contributed by atoms with Gasteiger partial charge in [0.05, 0.1) is 17.8 Å². The number of pyridine rings is 2. The summed E-state index contributed by atoms with van der Waals surface area (Å²) < 4.78 is 13.4. The lowest BCUT2D eigenvalue weighted by molar-refractivity contribution is 0.0949. The third-order valence-electron chi connectivity index (χ3n) is 2.82. The highest BCUT2D eigenvalue weighted by molar-refractivity contribution is 5.95. The van der Waals surface area contributed by atoms with Gasteiger partial charge in [0, 0.05) is 18.6 Å². The van der Waals surface area contributed by atoms with E-state index in [0.29, 0.717) is 18.5 Å². The Bertz CT molecular complexity index is 603. The molecule has 5 nitrogen and oxygen atoms in total. The van der Waals surface area contributed by atoms with E-state index >= 15 is 0 Å². The van der Waals surface area contributed by atoms with Crippen molar-refractivity contribution in [1.82, 2.24) is 15.3 Å². The number of carbonyl (C=O) groups excluding carboxylic acids is 1. The Morgan fingerprint density at radius 3 is 2.95 bits per heavy atom. The maximum Gasteiger partial charge on any atom is 0.253 e. The minimum atomic E-state index is -0.443. The number of nitrogens with zero attached hydrogens (tertiary/aromatic N) is 2. The molecule has 0 unspecified atom stereocenters. The number of nitrogens with two attached hydrogens (primary N) is 1.